The minimum Gasteiger partial charge on any atom is -0.502 e. The third-order valence-corrected chi connectivity index (χ3v) is 5.18. The Hall–Kier alpha value is -2.15. The van der Waals surface area contributed by atoms with E-state index in [9.17, 15) is 20.0 Å². The summed E-state index contributed by atoms with van der Waals surface area (Å²) in [6.07, 6.45) is 4.14. The lowest BCUT2D eigenvalue weighted by atomic mass is 9.80. The average molecular weight is 334 g/mol. The zero-order valence-corrected chi connectivity index (χ0v) is 13.5. The number of benzene rings is 1. The van der Waals surface area contributed by atoms with Gasteiger partial charge in [-0.2, -0.15) is 0 Å². The Morgan fingerprint density at radius 2 is 1.79 bits per heavy atom. The number of nitrogens with zero attached hydrogens (tertiary/aromatic N) is 2. The summed E-state index contributed by atoms with van der Waals surface area (Å²) in [7, 11) is 0. The number of nitro benzene ring substituents is 1. The van der Waals surface area contributed by atoms with Gasteiger partial charge in [-0.3, -0.25) is 14.9 Å². The van der Waals surface area contributed by atoms with Gasteiger partial charge in [-0.15, -0.1) is 0 Å². The molecule has 1 amide bonds. The largest absolute Gasteiger partial charge is 0.502 e. The highest BCUT2D eigenvalue weighted by atomic mass is 16.6. The number of amides is 1. The third kappa shape index (κ3) is 3.51. The number of rotatable bonds is 3. The van der Waals surface area contributed by atoms with Gasteiger partial charge in [0.25, 0.3) is 5.91 Å². The monoisotopic (exact) mass is 334 g/mol. The molecule has 7 heteroatoms. The summed E-state index contributed by atoms with van der Waals surface area (Å²) >= 11 is 0. The molecule has 0 bridgehead atoms. The lowest BCUT2D eigenvalue weighted by molar-refractivity contribution is -0.385. The summed E-state index contributed by atoms with van der Waals surface area (Å²) in [5, 5.41) is 20.4. The van der Waals surface area contributed by atoms with Crippen molar-refractivity contribution in [2.24, 2.45) is 11.8 Å². The second kappa shape index (κ2) is 7.17. The van der Waals surface area contributed by atoms with Crippen LogP contribution in [0, 0.1) is 22.0 Å². The van der Waals surface area contributed by atoms with Crippen LogP contribution in [0.15, 0.2) is 18.2 Å². The number of carbonyl (C=O) groups excluding carboxylic acids is 1. The second-order valence-electron chi connectivity index (χ2n) is 6.54. The number of carbonyl (C=O) groups is 1. The zero-order valence-electron chi connectivity index (χ0n) is 13.5. The fourth-order valence-corrected chi connectivity index (χ4v) is 3.75. The standard InChI is InChI=1S/C17H22N2O5/c20-16-2-1-14(11-15(16)19(22)23)17(21)18-7-3-12(4-8-18)13-5-9-24-10-6-13/h1-2,11-13,20H,3-10H2. The van der Waals surface area contributed by atoms with Crippen molar-refractivity contribution in [1.82, 2.24) is 4.90 Å². The molecule has 0 aromatic heterocycles. The average Bonchev–Trinajstić information content (AvgIpc) is 2.62. The maximum absolute atomic E-state index is 12.6. The van der Waals surface area contributed by atoms with Gasteiger partial charge in [0.2, 0.25) is 0 Å². The van der Waals surface area contributed by atoms with Gasteiger partial charge in [-0.05, 0) is 49.7 Å². The summed E-state index contributed by atoms with van der Waals surface area (Å²) in [5.41, 5.74) is -0.179. The van der Waals surface area contributed by atoms with Crippen LogP contribution in [0.25, 0.3) is 0 Å². The van der Waals surface area contributed by atoms with Gasteiger partial charge in [-0.25, -0.2) is 0 Å². The SMILES string of the molecule is O=C(c1ccc(O)c([N+](=O)[O-])c1)N1CCC(C2CCOCC2)CC1. The number of piperidine rings is 1. The van der Waals surface area contributed by atoms with Crippen LogP contribution in [0.1, 0.15) is 36.0 Å². The summed E-state index contributed by atoms with van der Waals surface area (Å²) in [6.45, 7) is 3.02. The van der Waals surface area contributed by atoms with E-state index in [1.54, 1.807) is 4.90 Å². The normalized spacial score (nSPS) is 20.1. The highest BCUT2D eigenvalue weighted by molar-refractivity contribution is 5.95. The van der Waals surface area contributed by atoms with Crippen molar-refractivity contribution in [2.45, 2.75) is 25.7 Å². The van der Waals surface area contributed by atoms with Gasteiger partial charge in [-0.1, -0.05) is 0 Å². The van der Waals surface area contributed by atoms with Gasteiger partial charge in [0.1, 0.15) is 0 Å². The Kier molecular flexibility index (Phi) is 4.99. The summed E-state index contributed by atoms with van der Waals surface area (Å²) < 4.78 is 5.41. The van der Waals surface area contributed by atoms with Crippen LogP contribution in [-0.4, -0.2) is 47.1 Å². The molecule has 1 N–H and O–H groups in total. The minimum atomic E-state index is -0.677. The number of hydrogen-bond donors (Lipinski definition) is 1. The molecule has 2 fully saturated rings. The highest BCUT2D eigenvalue weighted by Gasteiger charge is 2.30. The van der Waals surface area contributed by atoms with Crippen LogP contribution in [0.3, 0.4) is 0 Å². The van der Waals surface area contributed by atoms with Crippen LogP contribution < -0.4 is 0 Å². The van der Waals surface area contributed by atoms with Crippen molar-refractivity contribution >= 4 is 11.6 Å². The van der Waals surface area contributed by atoms with E-state index < -0.39 is 16.4 Å². The number of phenolic OH excluding ortho intramolecular Hbond substituents is 1. The first-order valence-electron chi connectivity index (χ1n) is 8.40. The van der Waals surface area contributed by atoms with Crippen LogP contribution >= 0.6 is 0 Å². The van der Waals surface area contributed by atoms with Gasteiger partial charge in [0, 0.05) is 37.9 Å². The van der Waals surface area contributed by atoms with Gasteiger partial charge >= 0.3 is 5.69 Å². The Bertz CT molecular complexity index is 619. The lowest BCUT2D eigenvalue weighted by Gasteiger charge is -2.37. The fourth-order valence-electron chi connectivity index (χ4n) is 3.75. The highest BCUT2D eigenvalue weighted by Crippen LogP contribution is 2.33. The molecule has 1 aromatic carbocycles. The van der Waals surface area contributed by atoms with Crippen LogP contribution in [0.5, 0.6) is 5.75 Å². The maximum Gasteiger partial charge on any atom is 0.311 e. The topological polar surface area (TPSA) is 92.9 Å². The van der Waals surface area contributed by atoms with E-state index in [1.807, 2.05) is 0 Å². The fraction of sp³-hybridized carbons (Fsp3) is 0.588. The molecule has 24 heavy (non-hydrogen) atoms. The number of nitro groups is 1. The molecule has 2 aliphatic rings. The number of phenols is 1. The molecule has 0 unspecified atom stereocenters. The Labute approximate surface area is 140 Å². The van der Waals surface area contributed by atoms with E-state index in [0.29, 0.717) is 24.9 Å². The number of hydrogen-bond acceptors (Lipinski definition) is 5. The van der Waals surface area contributed by atoms with E-state index in [1.165, 1.54) is 12.1 Å². The van der Waals surface area contributed by atoms with Crippen molar-refractivity contribution in [2.75, 3.05) is 26.3 Å². The summed E-state index contributed by atoms with van der Waals surface area (Å²) in [4.78, 5) is 24.6. The van der Waals surface area contributed by atoms with Gasteiger partial charge in [0.15, 0.2) is 5.75 Å². The minimum absolute atomic E-state index is 0.205. The molecule has 2 heterocycles. The molecule has 2 aliphatic heterocycles. The van der Waals surface area contributed by atoms with Crippen LogP contribution in [0.2, 0.25) is 0 Å². The second-order valence-corrected chi connectivity index (χ2v) is 6.54. The van der Waals surface area contributed by atoms with E-state index in [4.69, 9.17) is 4.74 Å². The number of likely N-dealkylation sites (tertiary alicyclic amines) is 1. The molecular formula is C17H22N2O5. The molecule has 130 valence electrons. The van der Waals surface area contributed by atoms with Gasteiger partial charge < -0.3 is 14.7 Å². The molecule has 2 saturated heterocycles. The molecule has 0 radical (unpaired) electrons. The Morgan fingerprint density at radius 3 is 2.42 bits per heavy atom. The molecule has 0 spiro atoms. The Morgan fingerprint density at radius 1 is 1.17 bits per heavy atom. The van der Waals surface area contributed by atoms with Crippen LogP contribution in [-0.2, 0) is 4.74 Å². The Balaban J connectivity index is 1.62. The molecule has 3 rings (SSSR count). The lowest BCUT2D eigenvalue weighted by Crippen LogP contribution is -2.40. The van der Waals surface area contributed by atoms with Crippen molar-refractivity contribution in [1.29, 1.82) is 0 Å². The third-order valence-electron chi connectivity index (χ3n) is 5.18. The summed E-state index contributed by atoms with van der Waals surface area (Å²) in [6, 6.07) is 3.80. The van der Waals surface area contributed by atoms with Crippen molar-refractivity contribution in [3.05, 3.63) is 33.9 Å². The smallest absolute Gasteiger partial charge is 0.311 e. The van der Waals surface area contributed by atoms with E-state index in [0.717, 1.165) is 45.0 Å². The van der Waals surface area contributed by atoms with Crippen LogP contribution in [0.4, 0.5) is 5.69 Å². The molecule has 0 aliphatic carbocycles. The molecule has 1 aromatic rings. The van der Waals surface area contributed by atoms with Crippen molar-refractivity contribution < 1.29 is 19.6 Å². The quantitative estimate of drug-likeness (QED) is 0.677. The number of ether oxygens (including phenoxy) is 1. The first-order valence-corrected chi connectivity index (χ1v) is 8.40. The molecule has 0 saturated carbocycles. The molecular weight excluding hydrogens is 312 g/mol. The summed E-state index contributed by atoms with van der Waals surface area (Å²) in [5.74, 6) is 0.691. The maximum atomic E-state index is 12.6. The van der Waals surface area contributed by atoms with E-state index >= 15 is 0 Å². The predicted octanol–water partition coefficient (Wildman–Crippen LogP) is 2.58. The van der Waals surface area contributed by atoms with Crippen molar-refractivity contribution in [3.8, 4) is 5.75 Å². The predicted molar refractivity (Wildman–Crippen MR) is 86.9 cm³/mol. The molecule has 7 nitrogen and oxygen atoms in total. The molecule has 0 atom stereocenters. The van der Waals surface area contributed by atoms with Crippen molar-refractivity contribution in [3.63, 3.8) is 0 Å². The van der Waals surface area contributed by atoms with E-state index in [-0.39, 0.29) is 11.5 Å². The first-order chi connectivity index (χ1) is 11.6. The first kappa shape index (κ1) is 16.7. The van der Waals surface area contributed by atoms with E-state index in [2.05, 4.69) is 0 Å². The zero-order chi connectivity index (χ0) is 17.1. The van der Waals surface area contributed by atoms with Gasteiger partial charge in [0.05, 0.1) is 4.92 Å². The number of aromatic hydroxyl groups is 1.